The zero-order valence-electron chi connectivity index (χ0n) is 18.8. The van der Waals surface area contributed by atoms with E-state index in [2.05, 4.69) is 59.3 Å². The quantitative estimate of drug-likeness (QED) is 0.781. The van der Waals surface area contributed by atoms with Gasteiger partial charge in [-0.2, -0.15) is 0 Å². The summed E-state index contributed by atoms with van der Waals surface area (Å²) < 4.78 is 0. The van der Waals surface area contributed by atoms with Crippen molar-refractivity contribution in [3.8, 4) is 0 Å². The van der Waals surface area contributed by atoms with E-state index < -0.39 is 0 Å². The molecular formula is C23H37N5O. The number of rotatable bonds is 3. The Balaban J connectivity index is 1.40. The van der Waals surface area contributed by atoms with Crippen LogP contribution in [0.2, 0.25) is 0 Å². The van der Waals surface area contributed by atoms with Gasteiger partial charge in [-0.1, -0.05) is 27.7 Å². The molecule has 0 N–H and O–H groups in total. The largest absolute Gasteiger partial charge is 0.338 e. The maximum atomic E-state index is 13.4. The van der Waals surface area contributed by atoms with Crippen molar-refractivity contribution in [1.82, 2.24) is 19.8 Å². The molecule has 160 valence electrons. The van der Waals surface area contributed by atoms with Gasteiger partial charge in [-0.05, 0) is 49.5 Å². The lowest BCUT2D eigenvalue weighted by Gasteiger charge is -2.63. The normalized spacial score (nSPS) is 26.8. The molecule has 29 heavy (non-hydrogen) atoms. The molecule has 1 aliphatic carbocycles. The molecule has 6 nitrogen and oxygen atoms in total. The van der Waals surface area contributed by atoms with E-state index in [1.54, 1.807) is 12.4 Å². The third-order valence-electron chi connectivity index (χ3n) is 7.25. The first-order valence-corrected chi connectivity index (χ1v) is 11.2. The van der Waals surface area contributed by atoms with Crippen molar-refractivity contribution in [1.29, 1.82) is 0 Å². The first kappa shape index (κ1) is 20.6. The minimum Gasteiger partial charge on any atom is -0.338 e. The highest BCUT2D eigenvalue weighted by Crippen LogP contribution is 2.56. The lowest BCUT2D eigenvalue weighted by Crippen LogP contribution is -2.70. The molecule has 1 aromatic rings. The summed E-state index contributed by atoms with van der Waals surface area (Å²) in [6.45, 7) is 15.9. The van der Waals surface area contributed by atoms with E-state index in [-0.39, 0.29) is 11.6 Å². The molecule has 6 heteroatoms. The summed E-state index contributed by atoms with van der Waals surface area (Å²) in [6, 6.07) is 1.80. The number of nitrogens with zero attached hydrogens (tertiary/aromatic N) is 5. The summed E-state index contributed by atoms with van der Waals surface area (Å²) in [7, 11) is 0. The summed E-state index contributed by atoms with van der Waals surface area (Å²) in [6.07, 6.45) is 8.47. The van der Waals surface area contributed by atoms with Gasteiger partial charge in [0, 0.05) is 50.7 Å². The van der Waals surface area contributed by atoms with Gasteiger partial charge in [0.15, 0.2) is 0 Å². The lowest BCUT2D eigenvalue weighted by molar-refractivity contribution is -0.159. The van der Waals surface area contributed by atoms with Crippen LogP contribution in [0.4, 0.5) is 5.95 Å². The van der Waals surface area contributed by atoms with E-state index in [0.717, 1.165) is 38.7 Å². The Bertz CT molecular complexity index is 723. The summed E-state index contributed by atoms with van der Waals surface area (Å²) in [5.41, 5.74) is 0.884. The van der Waals surface area contributed by atoms with Gasteiger partial charge in [0.2, 0.25) is 11.9 Å². The number of piperazine rings is 1. The highest BCUT2D eigenvalue weighted by atomic mass is 16.2. The number of likely N-dealkylation sites (tertiary alicyclic amines) is 1. The standard InChI is InChI=1S/C23H37N5O/c1-18(28-10-7-23(28)16-21(2,3)15-22(4,5)17-23)19(29)26-11-13-27(14-12-26)20-24-8-6-9-25-20/h6,8-9,18H,7,10-17H2,1-5H3. The van der Waals surface area contributed by atoms with Crippen molar-refractivity contribution in [2.75, 3.05) is 37.6 Å². The highest BCUT2D eigenvalue weighted by molar-refractivity contribution is 5.82. The van der Waals surface area contributed by atoms with E-state index in [1.165, 1.54) is 25.7 Å². The molecule has 4 rings (SSSR count). The van der Waals surface area contributed by atoms with Crippen molar-refractivity contribution in [2.45, 2.75) is 71.9 Å². The molecular weight excluding hydrogens is 362 g/mol. The predicted molar refractivity (Wildman–Crippen MR) is 116 cm³/mol. The van der Waals surface area contributed by atoms with Crippen LogP contribution >= 0.6 is 0 Å². The Labute approximate surface area is 175 Å². The predicted octanol–water partition coefficient (Wildman–Crippen LogP) is 3.19. The minimum absolute atomic E-state index is 0.0343. The highest BCUT2D eigenvalue weighted by Gasteiger charge is 2.56. The van der Waals surface area contributed by atoms with Crippen molar-refractivity contribution in [2.24, 2.45) is 10.8 Å². The molecule has 1 spiro atoms. The molecule has 1 aromatic heterocycles. The maximum Gasteiger partial charge on any atom is 0.239 e. The SMILES string of the molecule is CC(C(=O)N1CCN(c2ncccn2)CC1)N1CCC12CC(C)(C)CC(C)(C)C2. The van der Waals surface area contributed by atoms with Gasteiger partial charge in [-0.3, -0.25) is 9.69 Å². The van der Waals surface area contributed by atoms with E-state index in [4.69, 9.17) is 0 Å². The monoisotopic (exact) mass is 399 g/mol. The van der Waals surface area contributed by atoms with Crippen LogP contribution in [0.5, 0.6) is 0 Å². The summed E-state index contributed by atoms with van der Waals surface area (Å²) in [4.78, 5) is 28.8. The first-order chi connectivity index (χ1) is 13.6. The zero-order valence-corrected chi connectivity index (χ0v) is 18.8. The molecule has 1 saturated carbocycles. The number of aromatic nitrogens is 2. The number of hydrogen-bond acceptors (Lipinski definition) is 5. The zero-order chi connectivity index (χ0) is 20.9. The Hall–Kier alpha value is -1.69. The van der Waals surface area contributed by atoms with Crippen LogP contribution < -0.4 is 4.90 Å². The van der Waals surface area contributed by atoms with Gasteiger partial charge in [-0.25, -0.2) is 9.97 Å². The van der Waals surface area contributed by atoms with Crippen molar-refractivity contribution >= 4 is 11.9 Å². The Morgan fingerprint density at radius 3 is 2.03 bits per heavy atom. The van der Waals surface area contributed by atoms with Crippen LogP contribution in [-0.2, 0) is 4.79 Å². The second-order valence-electron chi connectivity index (χ2n) is 11.1. The van der Waals surface area contributed by atoms with Crippen LogP contribution in [0.15, 0.2) is 18.5 Å². The third-order valence-corrected chi connectivity index (χ3v) is 7.25. The van der Waals surface area contributed by atoms with Gasteiger partial charge in [0.1, 0.15) is 0 Å². The smallest absolute Gasteiger partial charge is 0.239 e. The van der Waals surface area contributed by atoms with E-state index in [0.29, 0.717) is 16.7 Å². The number of amides is 1. The molecule has 2 saturated heterocycles. The fourth-order valence-electron chi connectivity index (χ4n) is 6.78. The van der Waals surface area contributed by atoms with E-state index in [1.807, 2.05) is 6.07 Å². The van der Waals surface area contributed by atoms with Crippen molar-refractivity contribution < 1.29 is 4.79 Å². The first-order valence-electron chi connectivity index (χ1n) is 11.2. The average molecular weight is 400 g/mol. The molecule has 3 heterocycles. The Morgan fingerprint density at radius 1 is 0.931 bits per heavy atom. The second kappa shape index (κ2) is 7.22. The van der Waals surface area contributed by atoms with Gasteiger partial charge in [0.05, 0.1) is 6.04 Å². The second-order valence-corrected chi connectivity index (χ2v) is 11.1. The summed E-state index contributed by atoms with van der Waals surface area (Å²) in [5.74, 6) is 1.06. The van der Waals surface area contributed by atoms with Gasteiger partial charge in [0.25, 0.3) is 0 Å². The van der Waals surface area contributed by atoms with Crippen LogP contribution in [0.25, 0.3) is 0 Å². The van der Waals surface area contributed by atoms with E-state index in [9.17, 15) is 4.79 Å². The number of carbonyl (C=O) groups is 1. The average Bonchev–Trinajstić information content (AvgIpc) is 2.65. The summed E-state index contributed by atoms with van der Waals surface area (Å²) >= 11 is 0. The van der Waals surface area contributed by atoms with Crippen molar-refractivity contribution in [3.63, 3.8) is 0 Å². The molecule has 0 radical (unpaired) electrons. The fraction of sp³-hybridized carbons (Fsp3) is 0.783. The molecule has 3 fully saturated rings. The number of carbonyl (C=O) groups excluding carboxylic acids is 1. The van der Waals surface area contributed by atoms with Crippen LogP contribution in [-0.4, -0.2) is 70.0 Å². The molecule has 1 unspecified atom stereocenters. The lowest BCUT2D eigenvalue weighted by atomic mass is 9.55. The topological polar surface area (TPSA) is 52.6 Å². The van der Waals surface area contributed by atoms with Gasteiger partial charge >= 0.3 is 0 Å². The summed E-state index contributed by atoms with van der Waals surface area (Å²) in [5, 5.41) is 0. The molecule has 0 bridgehead atoms. The Morgan fingerprint density at radius 2 is 1.52 bits per heavy atom. The fourth-order valence-corrected chi connectivity index (χ4v) is 6.78. The third kappa shape index (κ3) is 4.00. The van der Waals surface area contributed by atoms with Crippen LogP contribution in [0.1, 0.15) is 60.3 Å². The van der Waals surface area contributed by atoms with Crippen LogP contribution in [0.3, 0.4) is 0 Å². The van der Waals surface area contributed by atoms with E-state index >= 15 is 0 Å². The van der Waals surface area contributed by atoms with Gasteiger partial charge in [-0.15, -0.1) is 0 Å². The maximum absolute atomic E-state index is 13.4. The van der Waals surface area contributed by atoms with Crippen molar-refractivity contribution in [3.05, 3.63) is 18.5 Å². The molecule has 0 aromatic carbocycles. The molecule has 3 aliphatic rings. The van der Waals surface area contributed by atoms with Gasteiger partial charge < -0.3 is 9.80 Å². The van der Waals surface area contributed by atoms with Crippen LogP contribution in [0, 0.1) is 10.8 Å². The Kier molecular flexibility index (Phi) is 5.12. The molecule has 1 atom stereocenters. The number of hydrogen-bond donors (Lipinski definition) is 0. The number of anilines is 1. The minimum atomic E-state index is -0.0343. The molecule has 1 amide bonds. The molecule has 2 aliphatic heterocycles.